The SMILES string of the molecule is COCCNC(=O)C(C)N(CC(=O)O)c1ccccc1. The van der Waals surface area contributed by atoms with Gasteiger partial charge in [-0.1, -0.05) is 18.2 Å². The van der Waals surface area contributed by atoms with Gasteiger partial charge in [-0.2, -0.15) is 0 Å². The van der Waals surface area contributed by atoms with E-state index in [1.807, 2.05) is 6.07 Å². The number of carbonyl (C=O) groups is 2. The number of carboxylic acids is 1. The lowest BCUT2D eigenvalue weighted by atomic mass is 10.2. The molecule has 20 heavy (non-hydrogen) atoms. The van der Waals surface area contributed by atoms with Crippen molar-refractivity contribution in [3.8, 4) is 0 Å². The highest BCUT2D eigenvalue weighted by Gasteiger charge is 2.23. The molecular weight excluding hydrogens is 260 g/mol. The molecule has 2 N–H and O–H groups in total. The molecule has 0 saturated heterocycles. The van der Waals surface area contributed by atoms with Crippen molar-refractivity contribution in [2.24, 2.45) is 0 Å². The molecule has 1 rings (SSSR count). The van der Waals surface area contributed by atoms with Crippen LogP contribution < -0.4 is 10.2 Å². The average molecular weight is 280 g/mol. The number of nitrogens with one attached hydrogen (secondary N) is 1. The van der Waals surface area contributed by atoms with Crippen molar-refractivity contribution >= 4 is 17.6 Å². The predicted molar refractivity (Wildman–Crippen MR) is 75.8 cm³/mol. The first kappa shape index (κ1) is 16.0. The number of carbonyl (C=O) groups excluding carboxylic acids is 1. The summed E-state index contributed by atoms with van der Waals surface area (Å²) in [5, 5.41) is 11.7. The van der Waals surface area contributed by atoms with Crippen molar-refractivity contribution in [3.63, 3.8) is 0 Å². The molecule has 0 radical (unpaired) electrons. The Bertz CT molecular complexity index is 436. The second-order valence-corrected chi connectivity index (χ2v) is 4.32. The third kappa shape index (κ3) is 4.89. The van der Waals surface area contributed by atoms with Crippen molar-refractivity contribution in [2.45, 2.75) is 13.0 Å². The number of para-hydroxylation sites is 1. The van der Waals surface area contributed by atoms with Gasteiger partial charge in [0.15, 0.2) is 0 Å². The Balaban J connectivity index is 2.77. The molecule has 110 valence electrons. The van der Waals surface area contributed by atoms with Crippen LogP contribution in [0.1, 0.15) is 6.92 Å². The van der Waals surface area contributed by atoms with Crippen LogP contribution in [0, 0.1) is 0 Å². The lowest BCUT2D eigenvalue weighted by Crippen LogP contribution is -2.48. The van der Waals surface area contributed by atoms with E-state index in [2.05, 4.69) is 5.32 Å². The van der Waals surface area contributed by atoms with Crippen LogP contribution in [0.2, 0.25) is 0 Å². The van der Waals surface area contributed by atoms with Gasteiger partial charge < -0.3 is 20.1 Å². The molecular formula is C14H20N2O4. The molecule has 1 atom stereocenters. The molecule has 1 aromatic carbocycles. The zero-order valence-electron chi connectivity index (χ0n) is 11.7. The van der Waals surface area contributed by atoms with E-state index in [0.29, 0.717) is 18.8 Å². The van der Waals surface area contributed by atoms with Gasteiger partial charge in [0.05, 0.1) is 6.61 Å². The average Bonchev–Trinajstić information content (AvgIpc) is 2.45. The molecule has 0 fully saturated rings. The third-order valence-electron chi connectivity index (χ3n) is 2.85. The number of hydrogen-bond acceptors (Lipinski definition) is 4. The summed E-state index contributed by atoms with van der Waals surface area (Å²) < 4.78 is 4.86. The highest BCUT2D eigenvalue weighted by molar-refractivity contribution is 5.87. The number of benzene rings is 1. The fourth-order valence-corrected chi connectivity index (χ4v) is 1.78. The van der Waals surface area contributed by atoms with Crippen molar-refractivity contribution in [1.82, 2.24) is 5.32 Å². The Morgan fingerprint density at radius 1 is 1.35 bits per heavy atom. The monoisotopic (exact) mass is 280 g/mol. The number of amides is 1. The lowest BCUT2D eigenvalue weighted by Gasteiger charge is -2.28. The lowest BCUT2D eigenvalue weighted by molar-refractivity contribution is -0.135. The smallest absolute Gasteiger partial charge is 0.323 e. The van der Waals surface area contributed by atoms with E-state index in [9.17, 15) is 9.59 Å². The fourth-order valence-electron chi connectivity index (χ4n) is 1.78. The van der Waals surface area contributed by atoms with Gasteiger partial charge in [0.25, 0.3) is 0 Å². The molecule has 0 aliphatic heterocycles. The largest absolute Gasteiger partial charge is 0.480 e. The van der Waals surface area contributed by atoms with Crippen LogP contribution in [-0.4, -0.2) is 49.8 Å². The summed E-state index contributed by atoms with van der Waals surface area (Å²) in [6.45, 7) is 2.26. The van der Waals surface area contributed by atoms with Crippen LogP contribution in [-0.2, 0) is 14.3 Å². The van der Waals surface area contributed by atoms with E-state index in [1.165, 1.54) is 0 Å². The molecule has 0 aliphatic rings. The normalized spacial score (nSPS) is 11.7. The summed E-state index contributed by atoms with van der Waals surface area (Å²) in [6.07, 6.45) is 0. The van der Waals surface area contributed by atoms with E-state index in [1.54, 1.807) is 43.2 Å². The summed E-state index contributed by atoms with van der Waals surface area (Å²) in [5.74, 6) is -1.21. The highest BCUT2D eigenvalue weighted by atomic mass is 16.5. The van der Waals surface area contributed by atoms with Gasteiger partial charge in [0, 0.05) is 19.3 Å². The Morgan fingerprint density at radius 3 is 2.55 bits per heavy atom. The summed E-state index contributed by atoms with van der Waals surface area (Å²) in [5.41, 5.74) is 0.698. The summed E-state index contributed by atoms with van der Waals surface area (Å²) in [7, 11) is 1.55. The minimum Gasteiger partial charge on any atom is -0.480 e. The second kappa shape index (κ2) is 8.16. The fraction of sp³-hybridized carbons (Fsp3) is 0.429. The third-order valence-corrected chi connectivity index (χ3v) is 2.85. The molecule has 0 aromatic heterocycles. The van der Waals surface area contributed by atoms with Gasteiger partial charge in [0.2, 0.25) is 5.91 Å². The maximum absolute atomic E-state index is 12.0. The maximum Gasteiger partial charge on any atom is 0.323 e. The first-order valence-electron chi connectivity index (χ1n) is 6.36. The molecule has 1 amide bonds. The molecule has 0 heterocycles. The van der Waals surface area contributed by atoms with Gasteiger partial charge >= 0.3 is 5.97 Å². The van der Waals surface area contributed by atoms with Crippen LogP contribution in [0.3, 0.4) is 0 Å². The summed E-state index contributed by atoms with van der Waals surface area (Å²) in [4.78, 5) is 24.5. The standard InChI is InChI=1S/C14H20N2O4/c1-11(14(19)15-8-9-20-2)16(10-13(17)18)12-6-4-3-5-7-12/h3-7,11H,8-10H2,1-2H3,(H,15,19)(H,17,18). The van der Waals surface area contributed by atoms with E-state index in [4.69, 9.17) is 9.84 Å². The minimum atomic E-state index is -0.981. The van der Waals surface area contributed by atoms with Crippen molar-refractivity contribution in [2.75, 3.05) is 31.7 Å². The first-order valence-corrected chi connectivity index (χ1v) is 6.36. The molecule has 1 aromatic rings. The molecule has 0 bridgehead atoms. The van der Waals surface area contributed by atoms with E-state index in [-0.39, 0.29) is 12.5 Å². The Morgan fingerprint density at radius 2 is 2.00 bits per heavy atom. The molecule has 0 spiro atoms. The zero-order chi connectivity index (χ0) is 15.0. The van der Waals surface area contributed by atoms with Crippen molar-refractivity contribution < 1.29 is 19.4 Å². The van der Waals surface area contributed by atoms with Gasteiger partial charge in [-0.05, 0) is 19.1 Å². The van der Waals surface area contributed by atoms with Gasteiger partial charge in [-0.15, -0.1) is 0 Å². The predicted octanol–water partition coefficient (Wildman–Crippen LogP) is 0.729. The number of aliphatic carboxylic acids is 1. The molecule has 6 nitrogen and oxygen atoms in total. The highest BCUT2D eigenvalue weighted by Crippen LogP contribution is 2.16. The van der Waals surface area contributed by atoms with Crippen LogP contribution in [0.15, 0.2) is 30.3 Å². The summed E-state index contributed by atoms with van der Waals surface area (Å²) >= 11 is 0. The van der Waals surface area contributed by atoms with E-state index >= 15 is 0 Å². The van der Waals surface area contributed by atoms with Gasteiger partial charge in [-0.25, -0.2) is 0 Å². The number of carboxylic acid groups (broad SMARTS) is 1. The first-order chi connectivity index (χ1) is 9.56. The number of hydrogen-bond donors (Lipinski definition) is 2. The van der Waals surface area contributed by atoms with Crippen LogP contribution in [0.4, 0.5) is 5.69 Å². The zero-order valence-corrected chi connectivity index (χ0v) is 11.7. The number of rotatable bonds is 8. The van der Waals surface area contributed by atoms with Gasteiger partial charge in [-0.3, -0.25) is 9.59 Å². The van der Waals surface area contributed by atoms with Crippen LogP contribution >= 0.6 is 0 Å². The van der Waals surface area contributed by atoms with Crippen LogP contribution in [0.25, 0.3) is 0 Å². The number of anilines is 1. The van der Waals surface area contributed by atoms with Crippen molar-refractivity contribution in [3.05, 3.63) is 30.3 Å². The Hall–Kier alpha value is -2.08. The Labute approximate surface area is 118 Å². The van der Waals surface area contributed by atoms with Crippen molar-refractivity contribution in [1.29, 1.82) is 0 Å². The molecule has 0 saturated carbocycles. The van der Waals surface area contributed by atoms with Crippen LogP contribution in [0.5, 0.6) is 0 Å². The number of nitrogens with zero attached hydrogens (tertiary/aromatic N) is 1. The maximum atomic E-state index is 12.0. The number of ether oxygens (including phenoxy) is 1. The van der Waals surface area contributed by atoms with Gasteiger partial charge in [0.1, 0.15) is 12.6 Å². The van der Waals surface area contributed by atoms with E-state index in [0.717, 1.165) is 0 Å². The molecule has 1 unspecified atom stereocenters. The second-order valence-electron chi connectivity index (χ2n) is 4.32. The minimum absolute atomic E-state index is 0.229. The Kier molecular flexibility index (Phi) is 6.52. The molecule has 6 heteroatoms. The topological polar surface area (TPSA) is 78.9 Å². The summed E-state index contributed by atoms with van der Waals surface area (Å²) in [6, 6.07) is 8.43. The van der Waals surface area contributed by atoms with E-state index < -0.39 is 12.0 Å². The quantitative estimate of drug-likeness (QED) is 0.686. The molecule has 0 aliphatic carbocycles. The number of methoxy groups -OCH3 is 1.